The minimum atomic E-state index is -3.92. The normalized spacial score (nSPS) is 24.5. The van der Waals surface area contributed by atoms with E-state index in [1.807, 2.05) is 0 Å². The summed E-state index contributed by atoms with van der Waals surface area (Å²) in [5, 5.41) is 55.7. The van der Waals surface area contributed by atoms with Gasteiger partial charge in [0.1, 0.15) is 0 Å². The predicted octanol–water partition coefficient (Wildman–Crippen LogP) is -1.51. The molecular weight excluding hydrogens is 336 g/mol. The lowest BCUT2D eigenvalue weighted by atomic mass is 9.47. The summed E-state index contributed by atoms with van der Waals surface area (Å²) in [5.41, 5.74) is -7.84. The first-order valence-corrected chi connectivity index (χ1v) is 6.29. The smallest absolute Gasteiger partial charge is 0.323 e. The third-order valence-electron chi connectivity index (χ3n) is 4.36. The quantitative estimate of drug-likeness (QED) is 0.301. The highest BCUT2D eigenvalue weighted by atomic mass is 16.4. The molecule has 0 heterocycles. The van der Waals surface area contributed by atoms with Crippen LogP contribution in [0.25, 0.3) is 0 Å². The first-order chi connectivity index (χ1) is 10.9. The van der Waals surface area contributed by atoms with Crippen molar-refractivity contribution in [3.8, 4) is 0 Å². The molecule has 12 nitrogen and oxygen atoms in total. The van der Waals surface area contributed by atoms with E-state index < -0.39 is 71.3 Å². The number of carboxylic acid groups (broad SMARTS) is 6. The summed E-state index contributed by atoms with van der Waals surface area (Å²) in [6.45, 7) is 0. The van der Waals surface area contributed by atoms with Gasteiger partial charge < -0.3 is 30.6 Å². The van der Waals surface area contributed by atoms with Gasteiger partial charge in [-0.2, -0.15) is 0 Å². The average molecular weight is 348 g/mol. The Hall–Kier alpha value is -3.18. The summed E-state index contributed by atoms with van der Waals surface area (Å²) >= 11 is 0. The van der Waals surface area contributed by atoms with Gasteiger partial charge in [-0.15, -0.1) is 0 Å². The third kappa shape index (κ3) is 1.99. The van der Waals surface area contributed by atoms with Crippen molar-refractivity contribution < 1.29 is 59.4 Å². The standard InChI is InChI=1S/C12H12O12/c13-5(14)3-1-2-4(6(15)16)12(9(21)22,10(23)24)11(3,7(17)18)8(19)20/h3-4H,1-2H2,(H,13,14)(H,15,16)(H,17,18)(H,19,20)(H,21,22)(H,23,24). The Balaban J connectivity index is 4.11. The second kappa shape index (κ2) is 5.79. The SMILES string of the molecule is O=C(O)C1CCC(C(=O)O)C(C(=O)O)(C(=O)O)C1(C(=O)O)C(=O)O. The van der Waals surface area contributed by atoms with Crippen LogP contribution in [-0.4, -0.2) is 66.5 Å². The summed E-state index contributed by atoms with van der Waals surface area (Å²) in [4.78, 5) is 69.3. The summed E-state index contributed by atoms with van der Waals surface area (Å²) in [5.74, 6) is -19.3. The van der Waals surface area contributed by atoms with Gasteiger partial charge in [0, 0.05) is 0 Å². The van der Waals surface area contributed by atoms with E-state index >= 15 is 0 Å². The molecule has 1 fully saturated rings. The molecule has 0 aromatic heterocycles. The van der Waals surface area contributed by atoms with Gasteiger partial charge in [0.15, 0.2) is 0 Å². The van der Waals surface area contributed by atoms with Gasteiger partial charge in [0.2, 0.25) is 10.8 Å². The van der Waals surface area contributed by atoms with E-state index in [2.05, 4.69) is 0 Å². The van der Waals surface area contributed by atoms with Gasteiger partial charge in [-0.25, -0.2) is 0 Å². The molecule has 12 heteroatoms. The Bertz CT molecular complexity index is 562. The van der Waals surface area contributed by atoms with Crippen molar-refractivity contribution in [1.29, 1.82) is 0 Å². The van der Waals surface area contributed by atoms with Crippen LogP contribution in [0.2, 0.25) is 0 Å². The van der Waals surface area contributed by atoms with Crippen molar-refractivity contribution in [3.63, 3.8) is 0 Å². The number of hydrogen-bond acceptors (Lipinski definition) is 6. The molecule has 0 aliphatic heterocycles. The molecular formula is C12H12O12. The molecule has 0 saturated heterocycles. The summed E-state index contributed by atoms with van der Waals surface area (Å²) in [7, 11) is 0. The summed E-state index contributed by atoms with van der Waals surface area (Å²) in [6, 6.07) is 0. The van der Waals surface area contributed by atoms with Crippen LogP contribution in [-0.2, 0) is 28.8 Å². The molecule has 24 heavy (non-hydrogen) atoms. The molecule has 2 atom stereocenters. The lowest BCUT2D eigenvalue weighted by Crippen LogP contribution is -2.71. The highest BCUT2D eigenvalue weighted by Gasteiger charge is 2.81. The van der Waals surface area contributed by atoms with Crippen molar-refractivity contribution in [2.24, 2.45) is 22.7 Å². The molecule has 1 rings (SSSR count). The lowest BCUT2D eigenvalue weighted by molar-refractivity contribution is -0.218. The van der Waals surface area contributed by atoms with E-state index in [0.717, 1.165) is 0 Å². The molecule has 1 aliphatic carbocycles. The predicted molar refractivity (Wildman–Crippen MR) is 66.9 cm³/mol. The number of rotatable bonds is 6. The largest absolute Gasteiger partial charge is 0.481 e. The number of hydrogen-bond donors (Lipinski definition) is 6. The Morgan fingerprint density at radius 1 is 0.542 bits per heavy atom. The second-order valence-corrected chi connectivity index (χ2v) is 5.20. The fourth-order valence-corrected chi connectivity index (χ4v) is 3.39. The zero-order valence-corrected chi connectivity index (χ0v) is 11.7. The van der Waals surface area contributed by atoms with Crippen LogP contribution in [0.4, 0.5) is 0 Å². The second-order valence-electron chi connectivity index (χ2n) is 5.20. The first-order valence-electron chi connectivity index (χ1n) is 6.29. The molecule has 0 aromatic rings. The molecule has 0 aromatic carbocycles. The summed E-state index contributed by atoms with van der Waals surface area (Å²) < 4.78 is 0. The van der Waals surface area contributed by atoms with E-state index in [4.69, 9.17) is 10.2 Å². The van der Waals surface area contributed by atoms with Crippen LogP contribution in [0.5, 0.6) is 0 Å². The summed E-state index contributed by atoms with van der Waals surface area (Å²) in [6.07, 6.45) is -1.68. The van der Waals surface area contributed by atoms with Crippen molar-refractivity contribution in [1.82, 2.24) is 0 Å². The van der Waals surface area contributed by atoms with Crippen LogP contribution in [0, 0.1) is 22.7 Å². The Kier molecular flexibility index (Phi) is 4.55. The zero-order valence-electron chi connectivity index (χ0n) is 11.7. The Morgan fingerprint density at radius 3 is 0.875 bits per heavy atom. The highest BCUT2D eigenvalue weighted by molar-refractivity contribution is 6.17. The van der Waals surface area contributed by atoms with E-state index in [1.54, 1.807) is 0 Å². The van der Waals surface area contributed by atoms with Gasteiger partial charge >= 0.3 is 35.8 Å². The maximum absolute atomic E-state index is 11.7. The van der Waals surface area contributed by atoms with Gasteiger partial charge in [-0.05, 0) is 12.8 Å². The third-order valence-corrected chi connectivity index (χ3v) is 4.36. The fourth-order valence-electron chi connectivity index (χ4n) is 3.39. The molecule has 0 bridgehead atoms. The van der Waals surface area contributed by atoms with Gasteiger partial charge in [0.25, 0.3) is 0 Å². The minimum absolute atomic E-state index is 0.840. The molecule has 2 unspecified atom stereocenters. The maximum atomic E-state index is 11.7. The molecule has 1 saturated carbocycles. The van der Waals surface area contributed by atoms with Crippen LogP contribution in [0.15, 0.2) is 0 Å². The number of carboxylic acids is 6. The number of aliphatic carboxylic acids is 6. The molecule has 132 valence electrons. The Morgan fingerprint density at radius 2 is 0.750 bits per heavy atom. The van der Waals surface area contributed by atoms with E-state index in [9.17, 15) is 49.2 Å². The lowest BCUT2D eigenvalue weighted by Gasteiger charge is -2.48. The van der Waals surface area contributed by atoms with Crippen LogP contribution < -0.4 is 0 Å². The topological polar surface area (TPSA) is 224 Å². The maximum Gasteiger partial charge on any atom is 0.323 e. The van der Waals surface area contributed by atoms with E-state index in [-0.39, 0.29) is 0 Å². The highest BCUT2D eigenvalue weighted by Crippen LogP contribution is 2.58. The Labute approximate surface area is 131 Å². The van der Waals surface area contributed by atoms with Crippen molar-refractivity contribution in [2.75, 3.05) is 0 Å². The van der Waals surface area contributed by atoms with Gasteiger partial charge in [-0.1, -0.05) is 0 Å². The molecule has 6 N–H and O–H groups in total. The van der Waals surface area contributed by atoms with E-state index in [0.29, 0.717) is 0 Å². The van der Waals surface area contributed by atoms with Crippen molar-refractivity contribution in [3.05, 3.63) is 0 Å². The molecule has 0 spiro atoms. The van der Waals surface area contributed by atoms with Gasteiger partial charge in [-0.3, -0.25) is 28.8 Å². The average Bonchev–Trinajstić information content (AvgIpc) is 2.43. The van der Waals surface area contributed by atoms with Crippen LogP contribution in [0.1, 0.15) is 12.8 Å². The monoisotopic (exact) mass is 348 g/mol. The zero-order chi connectivity index (χ0) is 19.0. The van der Waals surface area contributed by atoms with Crippen molar-refractivity contribution in [2.45, 2.75) is 12.8 Å². The first kappa shape index (κ1) is 18.9. The fraction of sp³-hybridized carbons (Fsp3) is 0.500. The number of carbonyl (C=O) groups is 6. The minimum Gasteiger partial charge on any atom is -0.481 e. The van der Waals surface area contributed by atoms with E-state index in [1.165, 1.54) is 0 Å². The van der Waals surface area contributed by atoms with Crippen molar-refractivity contribution >= 4 is 35.8 Å². The van der Waals surface area contributed by atoms with Crippen LogP contribution >= 0.6 is 0 Å². The molecule has 1 aliphatic rings. The molecule has 0 radical (unpaired) electrons. The molecule has 0 amide bonds. The van der Waals surface area contributed by atoms with Crippen LogP contribution in [0.3, 0.4) is 0 Å². The van der Waals surface area contributed by atoms with Gasteiger partial charge in [0.05, 0.1) is 11.8 Å².